The molecule has 1 nitrogen and oxygen atoms in total. The van der Waals surface area contributed by atoms with Crippen molar-refractivity contribution in [3.63, 3.8) is 0 Å². The Labute approximate surface area is 111 Å². The lowest BCUT2D eigenvalue weighted by Gasteiger charge is -2.12. The Balaban J connectivity index is 2.21. The molecule has 0 radical (unpaired) electrons. The van der Waals surface area contributed by atoms with Crippen LogP contribution in [0, 0.1) is 13.8 Å². The molecule has 1 unspecified atom stereocenters. The molecule has 1 heterocycles. The number of halogens is 1. The third kappa shape index (κ3) is 2.89. The van der Waals surface area contributed by atoms with E-state index in [0.717, 1.165) is 4.88 Å². The molecule has 1 N–H and O–H groups in total. The van der Waals surface area contributed by atoms with Crippen molar-refractivity contribution in [3.05, 3.63) is 56.2 Å². The highest BCUT2D eigenvalue weighted by atomic mass is 35.5. The summed E-state index contributed by atoms with van der Waals surface area (Å²) in [5.74, 6) is 0. The highest BCUT2D eigenvalue weighted by Gasteiger charge is 2.14. The highest BCUT2D eigenvalue weighted by molar-refractivity contribution is 7.10. The summed E-state index contributed by atoms with van der Waals surface area (Å²) in [6, 6.07) is 8.13. The Morgan fingerprint density at radius 2 is 2.06 bits per heavy atom. The molecule has 2 aromatic rings. The zero-order valence-corrected chi connectivity index (χ0v) is 11.5. The van der Waals surface area contributed by atoms with Crippen LogP contribution in [-0.2, 0) is 6.42 Å². The lowest BCUT2D eigenvalue weighted by molar-refractivity contribution is 0.182. The number of benzene rings is 1. The van der Waals surface area contributed by atoms with Crippen LogP contribution in [0.5, 0.6) is 0 Å². The molecular formula is C14H15ClOS. The number of hydrogen-bond donors (Lipinski definition) is 1. The fourth-order valence-corrected chi connectivity index (χ4v) is 3.03. The van der Waals surface area contributed by atoms with Gasteiger partial charge in [0.2, 0.25) is 0 Å². The quantitative estimate of drug-likeness (QED) is 0.878. The molecule has 1 aromatic carbocycles. The van der Waals surface area contributed by atoms with Gasteiger partial charge in [0.25, 0.3) is 0 Å². The van der Waals surface area contributed by atoms with Crippen LogP contribution in [0.1, 0.15) is 27.7 Å². The van der Waals surface area contributed by atoms with Gasteiger partial charge in [0.1, 0.15) is 0 Å². The molecule has 0 aliphatic carbocycles. The molecular weight excluding hydrogens is 252 g/mol. The van der Waals surface area contributed by atoms with Crippen LogP contribution in [0.25, 0.3) is 0 Å². The van der Waals surface area contributed by atoms with Gasteiger partial charge >= 0.3 is 0 Å². The summed E-state index contributed by atoms with van der Waals surface area (Å²) < 4.78 is 0. The fourth-order valence-electron chi connectivity index (χ4n) is 1.86. The molecule has 0 fully saturated rings. The Kier molecular flexibility index (Phi) is 3.87. The molecule has 1 aromatic heterocycles. The summed E-state index contributed by atoms with van der Waals surface area (Å²) in [5, 5.41) is 12.8. The topological polar surface area (TPSA) is 20.2 Å². The number of aryl methyl sites for hydroxylation is 2. The molecule has 0 aliphatic rings. The first-order valence-electron chi connectivity index (χ1n) is 5.55. The number of rotatable bonds is 3. The number of thiophene rings is 1. The van der Waals surface area contributed by atoms with Crippen molar-refractivity contribution in [2.24, 2.45) is 0 Å². The van der Waals surface area contributed by atoms with Crippen LogP contribution < -0.4 is 0 Å². The predicted octanol–water partition coefficient (Wildman–Crippen LogP) is 4.29. The summed E-state index contributed by atoms with van der Waals surface area (Å²) in [4.78, 5) is 0.854. The molecule has 0 aliphatic heterocycles. The molecule has 90 valence electrons. The summed E-state index contributed by atoms with van der Waals surface area (Å²) in [6.45, 7) is 4.13. The Morgan fingerprint density at radius 3 is 2.71 bits per heavy atom. The van der Waals surface area contributed by atoms with E-state index in [1.54, 1.807) is 0 Å². The Hall–Kier alpha value is -0.830. The Morgan fingerprint density at radius 1 is 1.29 bits per heavy atom. The van der Waals surface area contributed by atoms with E-state index in [4.69, 9.17) is 11.6 Å². The maximum absolute atomic E-state index is 10.2. The minimum atomic E-state index is -0.511. The molecule has 0 amide bonds. The zero-order valence-electron chi connectivity index (χ0n) is 9.90. The summed E-state index contributed by atoms with van der Waals surface area (Å²) in [7, 11) is 0. The summed E-state index contributed by atoms with van der Waals surface area (Å²) in [5.41, 5.74) is 3.61. The van der Waals surface area contributed by atoms with E-state index >= 15 is 0 Å². The smallest absolute Gasteiger partial charge is 0.0937 e. The van der Waals surface area contributed by atoms with E-state index in [0.29, 0.717) is 11.4 Å². The lowest BCUT2D eigenvalue weighted by atomic mass is 9.99. The van der Waals surface area contributed by atoms with Crippen molar-refractivity contribution in [2.75, 3.05) is 0 Å². The van der Waals surface area contributed by atoms with E-state index in [1.807, 2.05) is 11.4 Å². The van der Waals surface area contributed by atoms with Crippen LogP contribution in [-0.4, -0.2) is 5.11 Å². The van der Waals surface area contributed by atoms with E-state index in [1.165, 1.54) is 28.0 Å². The van der Waals surface area contributed by atoms with Gasteiger partial charge in [0.05, 0.1) is 16.0 Å². The maximum Gasteiger partial charge on any atom is 0.0937 e. The van der Waals surface area contributed by atoms with Gasteiger partial charge in [-0.3, -0.25) is 0 Å². The lowest BCUT2D eigenvalue weighted by Crippen LogP contribution is -2.02. The third-order valence-corrected chi connectivity index (χ3v) is 4.33. The molecule has 0 spiro atoms. The van der Waals surface area contributed by atoms with E-state index < -0.39 is 6.10 Å². The van der Waals surface area contributed by atoms with Gasteiger partial charge in [0.15, 0.2) is 0 Å². The maximum atomic E-state index is 10.2. The third-order valence-electron chi connectivity index (χ3n) is 2.87. The van der Waals surface area contributed by atoms with E-state index in [-0.39, 0.29) is 0 Å². The van der Waals surface area contributed by atoms with E-state index in [2.05, 4.69) is 32.0 Å². The van der Waals surface area contributed by atoms with Crippen molar-refractivity contribution < 1.29 is 5.11 Å². The monoisotopic (exact) mass is 266 g/mol. The molecule has 1 atom stereocenters. The van der Waals surface area contributed by atoms with Gasteiger partial charge in [-0.05, 0) is 36.4 Å². The highest BCUT2D eigenvalue weighted by Crippen LogP contribution is 2.31. The van der Waals surface area contributed by atoms with Gasteiger partial charge < -0.3 is 5.11 Å². The minimum absolute atomic E-state index is 0.511. The Bertz CT molecular complexity index is 519. The molecule has 2 rings (SSSR count). The van der Waals surface area contributed by atoms with Gasteiger partial charge in [-0.2, -0.15) is 0 Å². The fraction of sp³-hybridized carbons (Fsp3) is 0.286. The van der Waals surface area contributed by atoms with Crippen LogP contribution >= 0.6 is 22.9 Å². The van der Waals surface area contributed by atoms with Crippen LogP contribution in [0.4, 0.5) is 0 Å². The zero-order chi connectivity index (χ0) is 12.4. The van der Waals surface area contributed by atoms with Crippen LogP contribution in [0.3, 0.4) is 0 Å². The minimum Gasteiger partial charge on any atom is -0.387 e. The normalized spacial score (nSPS) is 12.7. The van der Waals surface area contributed by atoms with Crippen LogP contribution in [0.2, 0.25) is 5.02 Å². The van der Waals surface area contributed by atoms with Gasteiger partial charge in [0, 0.05) is 6.42 Å². The van der Waals surface area contributed by atoms with Crippen molar-refractivity contribution in [3.8, 4) is 0 Å². The molecule has 17 heavy (non-hydrogen) atoms. The van der Waals surface area contributed by atoms with Crippen molar-refractivity contribution >= 4 is 22.9 Å². The second kappa shape index (κ2) is 5.21. The first kappa shape index (κ1) is 12.6. The van der Waals surface area contributed by atoms with Gasteiger partial charge in [-0.25, -0.2) is 0 Å². The first-order chi connectivity index (χ1) is 8.08. The van der Waals surface area contributed by atoms with Crippen molar-refractivity contribution in [1.82, 2.24) is 0 Å². The molecule has 0 saturated carbocycles. The molecule has 0 saturated heterocycles. The summed E-state index contributed by atoms with van der Waals surface area (Å²) >= 11 is 7.53. The van der Waals surface area contributed by atoms with E-state index in [9.17, 15) is 5.11 Å². The van der Waals surface area contributed by atoms with Gasteiger partial charge in [-0.1, -0.05) is 35.4 Å². The number of aliphatic hydroxyl groups is 1. The standard InChI is InChI=1S/C14H15ClOS/c1-9-3-4-10(2)11(7-9)8-13(16)14-12(15)5-6-17-14/h3-7,13,16H,8H2,1-2H3. The van der Waals surface area contributed by atoms with Crippen LogP contribution in [0.15, 0.2) is 29.6 Å². The number of aliphatic hydroxyl groups excluding tert-OH is 1. The van der Waals surface area contributed by atoms with Crippen molar-refractivity contribution in [1.29, 1.82) is 0 Å². The molecule has 0 bridgehead atoms. The summed E-state index contributed by atoms with van der Waals surface area (Å²) in [6.07, 6.45) is 0.108. The average Bonchev–Trinajstić information content (AvgIpc) is 2.70. The largest absolute Gasteiger partial charge is 0.387 e. The second-order valence-electron chi connectivity index (χ2n) is 4.28. The van der Waals surface area contributed by atoms with Crippen molar-refractivity contribution in [2.45, 2.75) is 26.4 Å². The molecule has 3 heteroatoms. The number of hydrogen-bond acceptors (Lipinski definition) is 2. The SMILES string of the molecule is Cc1ccc(C)c(CC(O)c2sccc2Cl)c1. The predicted molar refractivity (Wildman–Crippen MR) is 73.9 cm³/mol. The second-order valence-corrected chi connectivity index (χ2v) is 5.64. The average molecular weight is 267 g/mol. The first-order valence-corrected chi connectivity index (χ1v) is 6.81. The van der Waals surface area contributed by atoms with Gasteiger partial charge in [-0.15, -0.1) is 11.3 Å².